The number of rotatable bonds is 5. The third-order valence-corrected chi connectivity index (χ3v) is 4.40. The van der Waals surface area contributed by atoms with Gasteiger partial charge in [0.2, 0.25) is 0 Å². The van der Waals surface area contributed by atoms with E-state index in [1.807, 2.05) is 6.07 Å². The highest BCUT2D eigenvalue weighted by molar-refractivity contribution is 7.14. The van der Waals surface area contributed by atoms with E-state index in [0.717, 1.165) is 17.4 Å². The maximum atomic E-state index is 11.3. The van der Waals surface area contributed by atoms with E-state index in [-0.39, 0.29) is 5.91 Å². The topological polar surface area (TPSA) is 64.3 Å². The van der Waals surface area contributed by atoms with Crippen molar-refractivity contribution in [3.05, 3.63) is 21.9 Å². The second-order valence-corrected chi connectivity index (χ2v) is 5.93. The average molecular weight is 268 g/mol. The number of amides is 1. The van der Waals surface area contributed by atoms with Crippen LogP contribution < -0.4 is 11.3 Å². The third-order valence-electron chi connectivity index (χ3n) is 3.34. The summed E-state index contributed by atoms with van der Waals surface area (Å²) in [6.07, 6.45) is 6.65. The van der Waals surface area contributed by atoms with Gasteiger partial charge in [-0.15, -0.1) is 11.3 Å². The molecule has 2 rings (SSSR count). The summed E-state index contributed by atoms with van der Waals surface area (Å²) >= 11 is 1.44. The first-order chi connectivity index (χ1) is 8.79. The van der Waals surface area contributed by atoms with E-state index >= 15 is 0 Å². The SMILES string of the molecule is NNC(=O)c1ccc(COCC2CCCCC2)s1. The molecule has 0 bridgehead atoms. The lowest BCUT2D eigenvalue weighted by Gasteiger charge is -2.21. The second-order valence-electron chi connectivity index (χ2n) is 4.76. The number of hydrazine groups is 1. The minimum absolute atomic E-state index is 0.237. The van der Waals surface area contributed by atoms with E-state index in [9.17, 15) is 4.79 Å². The molecule has 1 aromatic heterocycles. The molecule has 1 amide bonds. The molecule has 18 heavy (non-hydrogen) atoms. The van der Waals surface area contributed by atoms with Gasteiger partial charge in [-0.2, -0.15) is 0 Å². The van der Waals surface area contributed by atoms with Crippen LogP contribution in [0.2, 0.25) is 0 Å². The fourth-order valence-corrected chi connectivity index (χ4v) is 3.18. The molecule has 0 unspecified atom stereocenters. The van der Waals surface area contributed by atoms with Crippen molar-refractivity contribution >= 4 is 17.2 Å². The van der Waals surface area contributed by atoms with Gasteiger partial charge in [-0.1, -0.05) is 19.3 Å². The highest BCUT2D eigenvalue weighted by atomic mass is 32.1. The normalized spacial score (nSPS) is 16.7. The number of carbonyl (C=O) groups excluding carboxylic acids is 1. The highest BCUT2D eigenvalue weighted by Crippen LogP contribution is 2.24. The van der Waals surface area contributed by atoms with Crippen LogP contribution in [-0.2, 0) is 11.3 Å². The number of thiophene rings is 1. The number of carbonyl (C=O) groups is 1. The molecular formula is C13H20N2O2S. The second kappa shape index (κ2) is 6.87. The van der Waals surface area contributed by atoms with E-state index in [0.29, 0.717) is 11.5 Å². The molecule has 5 heteroatoms. The zero-order valence-electron chi connectivity index (χ0n) is 10.5. The van der Waals surface area contributed by atoms with E-state index in [2.05, 4.69) is 5.43 Å². The molecule has 4 nitrogen and oxygen atoms in total. The number of hydrogen-bond acceptors (Lipinski definition) is 4. The minimum Gasteiger partial charge on any atom is -0.376 e. The van der Waals surface area contributed by atoms with Crippen molar-refractivity contribution in [1.29, 1.82) is 0 Å². The Balaban J connectivity index is 1.72. The lowest BCUT2D eigenvalue weighted by Crippen LogP contribution is -2.29. The van der Waals surface area contributed by atoms with Crippen LogP contribution in [0.25, 0.3) is 0 Å². The van der Waals surface area contributed by atoms with Gasteiger partial charge in [-0.25, -0.2) is 5.84 Å². The summed E-state index contributed by atoms with van der Waals surface area (Å²) in [5.41, 5.74) is 2.13. The maximum Gasteiger partial charge on any atom is 0.275 e. The Kier molecular flexibility index (Phi) is 5.16. The van der Waals surface area contributed by atoms with Gasteiger partial charge in [-0.05, 0) is 30.9 Å². The molecule has 3 N–H and O–H groups in total. The Hall–Kier alpha value is -0.910. The molecule has 1 aromatic rings. The number of ether oxygens (including phenoxy) is 1. The summed E-state index contributed by atoms with van der Waals surface area (Å²) in [5.74, 6) is 5.58. The van der Waals surface area contributed by atoms with Crippen molar-refractivity contribution in [3.8, 4) is 0 Å². The molecule has 0 aliphatic heterocycles. The molecule has 1 aliphatic carbocycles. The quantitative estimate of drug-likeness (QED) is 0.490. The summed E-state index contributed by atoms with van der Waals surface area (Å²) in [6, 6.07) is 3.71. The Morgan fingerprint density at radius 2 is 2.17 bits per heavy atom. The first kappa shape index (κ1) is 13.5. The summed E-state index contributed by atoms with van der Waals surface area (Å²) < 4.78 is 5.73. The van der Waals surface area contributed by atoms with Gasteiger partial charge >= 0.3 is 0 Å². The standard InChI is InChI=1S/C13H20N2O2S/c14-15-13(16)12-7-6-11(18-12)9-17-8-10-4-2-1-3-5-10/h6-7,10H,1-5,8-9,14H2,(H,15,16). The van der Waals surface area contributed by atoms with Crippen molar-refractivity contribution in [2.75, 3.05) is 6.61 Å². The van der Waals surface area contributed by atoms with Crippen LogP contribution in [0.3, 0.4) is 0 Å². The molecule has 1 aliphatic rings. The van der Waals surface area contributed by atoms with Crippen LogP contribution in [0.15, 0.2) is 12.1 Å². The zero-order chi connectivity index (χ0) is 12.8. The van der Waals surface area contributed by atoms with E-state index in [4.69, 9.17) is 10.6 Å². The van der Waals surface area contributed by atoms with Crippen LogP contribution in [0.4, 0.5) is 0 Å². The average Bonchev–Trinajstić information content (AvgIpc) is 2.88. The van der Waals surface area contributed by atoms with Gasteiger partial charge in [0.25, 0.3) is 5.91 Å². The lowest BCUT2D eigenvalue weighted by molar-refractivity contribution is 0.0755. The summed E-state index contributed by atoms with van der Waals surface area (Å²) in [5, 5.41) is 0. The number of nitrogen functional groups attached to an aromatic ring is 1. The number of nitrogens with one attached hydrogen (secondary N) is 1. The Morgan fingerprint density at radius 1 is 1.39 bits per heavy atom. The first-order valence-corrected chi connectivity index (χ1v) is 7.28. The molecule has 0 atom stereocenters. The van der Waals surface area contributed by atoms with Crippen molar-refractivity contribution in [2.45, 2.75) is 38.7 Å². The molecule has 1 saturated carbocycles. The summed E-state index contributed by atoms with van der Waals surface area (Å²) in [7, 11) is 0. The Labute approximate surface area is 111 Å². The molecule has 0 saturated heterocycles. The number of nitrogens with two attached hydrogens (primary N) is 1. The minimum atomic E-state index is -0.237. The van der Waals surface area contributed by atoms with Gasteiger partial charge in [0.1, 0.15) is 0 Å². The molecule has 0 aromatic carbocycles. The molecule has 1 fully saturated rings. The summed E-state index contributed by atoms with van der Waals surface area (Å²) in [4.78, 5) is 13.0. The fraction of sp³-hybridized carbons (Fsp3) is 0.615. The largest absolute Gasteiger partial charge is 0.376 e. The smallest absolute Gasteiger partial charge is 0.275 e. The molecular weight excluding hydrogens is 248 g/mol. The van der Waals surface area contributed by atoms with Crippen molar-refractivity contribution < 1.29 is 9.53 Å². The van der Waals surface area contributed by atoms with Crippen LogP contribution in [0, 0.1) is 5.92 Å². The number of hydrogen-bond donors (Lipinski definition) is 2. The van der Waals surface area contributed by atoms with E-state index in [1.54, 1.807) is 6.07 Å². The lowest BCUT2D eigenvalue weighted by atomic mass is 9.90. The predicted molar refractivity (Wildman–Crippen MR) is 72.2 cm³/mol. The first-order valence-electron chi connectivity index (χ1n) is 6.47. The van der Waals surface area contributed by atoms with Crippen LogP contribution in [-0.4, -0.2) is 12.5 Å². The predicted octanol–water partition coefficient (Wildman–Crippen LogP) is 2.45. The van der Waals surface area contributed by atoms with Crippen LogP contribution in [0.1, 0.15) is 46.7 Å². The van der Waals surface area contributed by atoms with Crippen molar-refractivity contribution in [1.82, 2.24) is 5.43 Å². The van der Waals surface area contributed by atoms with Crippen molar-refractivity contribution in [2.24, 2.45) is 11.8 Å². The molecule has 0 radical (unpaired) electrons. The van der Waals surface area contributed by atoms with E-state index < -0.39 is 0 Å². The fourth-order valence-electron chi connectivity index (χ4n) is 2.33. The molecule has 100 valence electrons. The zero-order valence-corrected chi connectivity index (χ0v) is 11.3. The van der Waals surface area contributed by atoms with Gasteiger partial charge in [0, 0.05) is 11.5 Å². The molecule has 1 heterocycles. The van der Waals surface area contributed by atoms with Gasteiger partial charge < -0.3 is 4.74 Å². The van der Waals surface area contributed by atoms with Crippen molar-refractivity contribution in [3.63, 3.8) is 0 Å². The van der Waals surface area contributed by atoms with Crippen LogP contribution >= 0.6 is 11.3 Å². The molecule has 0 spiro atoms. The maximum absolute atomic E-state index is 11.3. The monoisotopic (exact) mass is 268 g/mol. The van der Waals surface area contributed by atoms with Gasteiger partial charge in [-0.3, -0.25) is 10.2 Å². The third kappa shape index (κ3) is 3.80. The van der Waals surface area contributed by atoms with Gasteiger partial charge in [0.05, 0.1) is 11.5 Å². The van der Waals surface area contributed by atoms with Crippen LogP contribution in [0.5, 0.6) is 0 Å². The Morgan fingerprint density at radius 3 is 2.89 bits per heavy atom. The summed E-state index contributed by atoms with van der Waals surface area (Å²) in [6.45, 7) is 1.44. The van der Waals surface area contributed by atoms with Gasteiger partial charge in [0.15, 0.2) is 0 Å². The van der Waals surface area contributed by atoms with E-state index in [1.165, 1.54) is 43.4 Å². The highest BCUT2D eigenvalue weighted by Gasteiger charge is 2.13. The Bertz CT molecular complexity index is 386.